The van der Waals surface area contributed by atoms with Crippen LogP contribution < -0.4 is 10.6 Å². The normalized spacial score (nSPS) is 32.0. The molecule has 3 atom stereocenters. The Labute approximate surface area is 126 Å². The smallest absolute Gasteiger partial charge is 0.329 e. The number of carboxylic acids is 1. The molecule has 2 heterocycles. The SMILES string of the molecule is CCC(C)(NC(=O)NC1CC2CCCC(C1)N2C)C(=O)O. The Hall–Kier alpha value is -1.30. The minimum atomic E-state index is -1.20. The predicted molar refractivity (Wildman–Crippen MR) is 80.2 cm³/mol. The van der Waals surface area contributed by atoms with E-state index in [1.165, 1.54) is 26.2 Å². The van der Waals surface area contributed by atoms with Crippen LogP contribution in [0, 0.1) is 0 Å². The number of hydrogen-bond donors (Lipinski definition) is 3. The number of amides is 2. The summed E-state index contributed by atoms with van der Waals surface area (Å²) in [5.41, 5.74) is -1.20. The van der Waals surface area contributed by atoms with Gasteiger partial charge < -0.3 is 20.6 Å². The lowest BCUT2D eigenvalue weighted by molar-refractivity contribution is -0.143. The number of hydrogen-bond acceptors (Lipinski definition) is 3. The average molecular weight is 297 g/mol. The van der Waals surface area contributed by atoms with Crippen LogP contribution in [-0.2, 0) is 4.79 Å². The fraction of sp³-hybridized carbons (Fsp3) is 0.867. The number of fused-ring (bicyclic) bond motifs is 2. The molecule has 3 unspecified atom stereocenters. The number of carbonyl (C=O) groups excluding carboxylic acids is 1. The van der Waals surface area contributed by atoms with Crippen LogP contribution >= 0.6 is 0 Å². The molecular formula is C15H27N3O3. The van der Waals surface area contributed by atoms with Crippen molar-refractivity contribution >= 4 is 12.0 Å². The highest BCUT2D eigenvalue weighted by atomic mass is 16.4. The number of carboxylic acid groups (broad SMARTS) is 1. The quantitative estimate of drug-likeness (QED) is 0.735. The molecule has 2 fully saturated rings. The van der Waals surface area contributed by atoms with Crippen molar-refractivity contribution in [2.45, 2.75) is 76.0 Å². The summed E-state index contributed by atoms with van der Waals surface area (Å²) in [6, 6.07) is 0.862. The minimum absolute atomic E-state index is 0.145. The van der Waals surface area contributed by atoms with Crippen molar-refractivity contribution in [2.75, 3.05) is 7.05 Å². The van der Waals surface area contributed by atoms with Gasteiger partial charge in [0, 0.05) is 18.1 Å². The maximum absolute atomic E-state index is 12.1. The van der Waals surface area contributed by atoms with Crippen LogP contribution in [0.1, 0.15) is 52.4 Å². The summed E-state index contributed by atoms with van der Waals surface area (Å²) in [7, 11) is 2.17. The Kier molecular flexibility index (Phi) is 4.76. The fourth-order valence-corrected chi connectivity index (χ4v) is 3.50. The molecule has 0 aliphatic carbocycles. The second kappa shape index (κ2) is 6.22. The summed E-state index contributed by atoms with van der Waals surface area (Å²) < 4.78 is 0. The van der Waals surface area contributed by atoms with E-state index in [4.69, 9.17) is 0 Å². The summed E-state index contributed by atoms with van der Waals surface area (Å²) in [6.07, 6.45) is 5.91. The lowest BCUT2D eigenvalue weighted by Gasteiger charge is -2.47. The molecule has 0 saturated carbocycles. The number of aliphatic carboxylic acids is 1. The van der Waals surface area contributed by atoms with Crippen molar-refractivity contribution in [3.63, 3.8) is 0 Å². The molecule has 2 amide bonds. The first-order valence-electron chi connectivity index (χ1n) is 7.89. The highest BCUT2D eigenvalue weighted by molar-refractivity contribution is 5.85. The number of carbonyl (C=O) groups is 2. The van der Waals surface area contributed by atoms with Crippen LogP contribution in [0.3, 0.4) is 0 Å². The van der Waals surface area contributed by atoms with Crippen molar-refractivity contribution in [2.24, 2.45) is 0 Å². The monoisotopic (exact) mass is 297 g/mol. The number of urea groups is 1. The molecular weight excluding hydrogens is 270 g/mol. The molecule has 0 radical (unpaired) electrons. The van der Waals surface area contributed by atoms with Crippen LogP contribution in [0.5, 0.6) is 0 Å². The van der Waals surface area contributed by atoms with E-state index in [-0.39, 0.29) is 12.1 Å². The molecule has 0 aromatic rings. The molecule has 120 valence electrons. The molecule has 0 aromatic carbocycles. The zero-order valence-electron chi connectivity index (χ0n) is 13.2. The van der Waals surface area contributed by atoms with Crippen molar-refractivity contribution in [1.82, 2.24) is 15.5 Å². The van der Waals surface area contributed by atoms with E-state index >= 15 is 0 Å². The second-order valence-corrected chi connectivity index (χ2v) is 6.66. The molecule has 21 heavy (non-hydrogen) atoms. The number of piperidine rings is 2. The lowest BCUT2D eigenvalue weighted by Crippen LogP contribution is -2.60. The number of nitrogens with one attached hydrogen (secondary N) is 2. The zero-order valence-corrected chi connectivity index (χ0v) is 13.2. The van der Waals surface area contributed by atoms with Gasteiger partial charge >= 0.3 is 12.0 Å². The first kappa shape index (κ1) is 16.1. The van der Waals surface area contributed by atoms with Crippen molar-refractivity contribution < 1.29 is 14.7 Å². The van der Waals surface area contributed by atoms with E-state index in [1.54, 1.807) is 6.92 Å². The average Bonchev–Trinajstić information content (AvgIpc) is 2.39. The van der Waals surface area contributed by atoms with Gasteiger partial charge in [-0.3, -0.25) is 0 Å². The Bertz CT molecular complexity index is 401. The summed E-state index contributed by atoms with van der Waals surface area (Å²) >= 11 is 0. The molecule has 3 N–H and O–H groups in total. The van der Waals surface area contributed by atoms with E-state index in [1.807, 2.05) is 0 Å². The third kappa shape index (κ3) is 3.48. The molecule has 2 bridgehead atoms. The van der Waals surface area contributed by atoms with Gasteiger partial charge in [-0.1, -0.05) is 13.3 Å². The zero-order chi connectivity index (χ0) is 15.6. The van der Waals surface area contributed by atoms with Gasteiger partial charge in [0.05, 0.1) is 0 Å². The minimum Gasteiger partial charge on any atom is -0.480 e. The van der Waals surface area contributed by atoms with E-state index < -0.39 is 11.5 Å². The maximum atomic E-state index is 12.1. The molecule has 2 aliphatic rings. The van der Waals surface area contributed by atoms with E-state index in [0.29, 0.717) is 18.5 Å². The highest BCUT2D eigenvalue weighted by Gasteiger charge is 2.38. The van der Waals surface area contributed by atoms with Crippen molar-refractivity contribution in [3.8, 4) is 0 Å². The van der Waals surface area contributed by atoms with E-state index in [0.717, 1.165) is 12.8 Å². The standard InChI is InChI=1S/C15H27N3O3/c1-4-15(2,13(19)20)17-14(21)16-10-8-11-6-5-7-12(9-10)18(11)3/h10-12H,4-9H2,1-3H3,(H,19,20)(H2,16,17,21). The Balaban J connectivity index is 1.90. The van der Waals surface area contributed by atoms with E-state index in [2.05, 4.69) is 22.6 Å². The molecule has 2 aliphatic heterocycles. The molecule has 2 rings (SSSR count). The third-order valence-corrected chi connectivity index (χ3v) is 5.24. The van der Waals surface area contributed by atoms with Gasteiger partial charge in [-0.2, -0.15) is 0 Å². The topological polar surface area (TPSA) is 81.7 Å². The predicted octanol–water partition coefficient (Wildman–Crippen LogP) is 1.55. The number of rotatable bonds is 4. The van der Waals surface area contributed by atoms with Gasteiger partial charge in [0.15, 0.2) is 0 Å². The first-order chi connectivity index (χ1) is 9.85. The van der Waals surface area contributed by atoms with Crippen LogP contribution in [0.2, 0.25) is 0 Å². The van der Waals surface area contributed by atoms with Crippen molar-refractivity contribution in [1.29, 1.82) is 0 Å². The van der Waals surface area contributed by atoms with Crippen LogP contribution in [-0.4, -0.2) is 52.7 Å². The summed E-state index contributed by atoms with van der Waals surface area (Å²) in [5.74, 6) is -1.000. The Morgan fingerprint density at radius 1 is 1.29 bits per heavy atom. The number of nitrogens with zero attached hydrogens (tertiary/aromatic N) is 1. The fourth-order valence-electron chi connectivity index (χ4n) is 3.50. The molecule has 6 heteroatoms. The molecule has 0 aromatic heterocycles. The maximum Gasteiger partial charge on any atom is 0.329 e. The molecule has 0 spiro atoms. The van der Waals surface area contributed by atoms with Crippen LogP contribution in [0.15, 0.2) is 0 Å². The van der Waals surface area contributed by atoms with Gasteiger partial charge in [0.2, 0.25) is 0 Å². The Morgan fingerprint density at radius 2 is 1.86 bits per heavy atom. The van der Waals surface area contributed by atoms with Gasteiger partial charge in [-0.15, -0.1) is 0 Å². The molecule has 6 nitrogen and oxygen atoms in total. The van der Waals surface area contributed by atoms with Gasteiger partial charge in [-0.05, 0) is 46.1 Å². The summed E-state index contributed by atoms with van der Waals surface area (Å²) in [6.45, 7) is 3.30. The van der Waals surface area contributed by atoms with Gasteiger partial charge in [-0.25, -0.2) is 9.59 Å². The van der Waals surface area contributed by atoms with Gasteiger partial charge in [0.1, 0.15) is 5.54 Å². The highest BCUT2D eigenvalue weighted by Crippen LogP contribution is 2.32. The third-order valence-electron chi connectivity index (χ3n) is 5.24. The van der Waals surface area contributed by atoms with E-state index in [9.17, 15) is 14.7 Å². The second-order valence-electron chi connectivity index (χ2n) is 6.66. The van der Waals surface area contributed by atoms with Gasteiger partial charge in [0.25, 0.3) is 0 Å². The first-order valence-corrected chi connectivity index (χ1v) is 7.89. The Morgan fingerprint density at radius 3 is 2.33 bits per heavy atom. The lowest BCUT2D eigenvalue weighted by atomic mass is 9.82. The van der Waals surface area contributed by atoms with Crippen LogP contribution in [0.25, 0.3) is 0 Å². The molecule has 2 saturated heterocycles. The largest absolute Gasteiger partial charge is 0.480 e. The van der Waals surface area contributed by atoms with Crippen LogP contribution in [0.4, 0.5) is 4.79 Å². The summed E-state index contributed by atoms with van der Waals surface area (Å²) in [4.78, 5) is 25.8. The van der Waals surface area contributed by atoms with Crippen molar-refractivity contribution in [3.05, 3.63) is 0 Å². The summed E-state index contributed by atoms with van der Waals surface area (Å²) in [5, 5.41) is 14.8.